The molecule has 2 atom stereocenters. The zero-order chi connectivity index (χ0) is 17.8. The zero-order valence-corrected chi connectivity index (χ0v) is 13.9. The Morgan fingerprint density at radius 3 is 2.09 bits per heavy atom. The van der Waals surface area contributed by atoms with Crippen LogP contribution in [0, 0.1) is 11.8 Å². The summed E-state index contributed by atoms with van der Waals surface area (Å²) < 4.78 is 5.08. The summed E-state index contributed by atoms with van der Waals surface area (Å²) in [6, 6.07) is 8.88. The van der Waals surface area contributed by atoms with Crippen molar-refractivity contribution in [1.82, 2.24) is 0 Å². The quantitative estimate of drug-likeness (QED) is 0.677. The van der Waals surface area contributed by atoms with Gasteiger partial charge in [0.05, 0.1) is 0 Å². The summed E-state index contributed by atoms with van der Waals surface area (Å²) in [4.78, 5) is 20.7. The smallest absolute Gasteiger partial charge is 0.344 e. The molecule has 1 rings (SSSR count). The third kappa shape index (κ3) is 11.2. The molecule has 6 heteroatoms. The standard InChI is InChI=1S/C9H10O3.C8H17NO2/c1-7(9(10)11)12-8-5-3-2-4-6-8;1-6(2)3-7(5-9)4-8(10)11/h2-7H,1H3,(H,10,11);6-7H,3-5,9H2,1-2H3,(H,10,11)/t;7-/m.0/s1. The molecule has 1 aromatic carbocycles. The first kappa shape index (κ1) is 20.9. The minimum absolute atomic E-state index is 0.146. The lowest BCUT2D eigenvalue weighted by atomic mass is 9.94. The molecule has 1 unspecified atom stereocenters. The highest BCUT2D eigenvalue weighted by molar-refractivity contribution is 5.72. The summed E-state index contributed by atoms with van der Waals surface area (Å²) in [5, 5.41) is 17.0. The van der Waals surface area contributed by atoms with Crippen molar-refractivity contribution in [2.75, 3.05) is 6.54 Å². The Bertz CT molecular complexity index is 461. The summed E-state index contributed by atoms with van der Waals surface area (Å²) in [6.07, 6.45) is 0.310. The molecule has 0 saturated heterocycles. The molecule has 0 saturated carbocycles. The number of rotatable bonds is 8. The fraction of sp³-hybridized carbons (Fsp3) is 0.529. The van der Waals surface area contributed by atoms with Gasteiger partial charge in [0.1, 0.15) is 5.75 Å². The fourth-order valence-corrected chi connectivity index (χ4v) is 1.93. The van der Waals surface area contributed by atoms with Gasteiger partial charge < -0.3 is 20.7 Å². The van der Waals surface area contributed by atoms with Crippen LogP contribution in [0.5, 0.6) is 5.75 Å². The largest absolute Gasteiger partial charge is 0.481 e. The molecule has 23 heavy (non-hydrogen) atoms. The third-order valence-electron chi connectivity index (χ3n) is 3.01. The molecule has 0 aromatic heterocycles. The fourth-order valence-electron chi connectivity index (χ4n) is 1.93. The van der Waals surface area contributed by atoms with E-state index in [0.717, 1.165) is 6.42 Å². The van der Waals surface area contributed by atoms with Gasteiger partial charge in [-0.25, -0.2) is 4.79 Å². The van der Waals surface area contributed by atoms with Gasteiger partial charge >= 0.3 is 11.9 Å². The molecule has 4 N–H and O–H groups in total. The lowest BCUT2D eigenvalue weighted by Crippen LogP contribution is -2.22. The van der Waals surface area contributed by atoms with Crippen molar-refractivity contribution >= 4 is 11.9 Å². The SMILES string of the molecule is CC(C)C[C@H](CN)CC(=O)O.CC(Oc1ccccc1)C(=O)O. The summed E-state index contributed by atoms with van der Waals surface area (Å²) in [5.74, 6) is -0.456. The van der Waals surface area contributed by atoms with Crippen LogP contribution in [0.1, 0.15) is 33.6 Å². The number of nitrogens with two attached hydrogens (primary N) is 1. The summed E-state index contributed by atoms with van der Waals surface area (Å²) >= 11 is 0. The van der Waals surface area contributed by atoms with E-state index < -0.39 is 18.0 Å². The molecule has 0 spiro atoms. The van der Waals surface area contributed by atoms with Gasteiger partial charge in [0.15, 0.2) is 6.10 Å². The van der Waals surface area contributed by atoms with E-state index in [0.29, 0.717) is 18.2 Å². The van der Waals surface area contributed by atoms with Crippen LogP contribution < -0.4 is 10.5 Å². The molecule has 0 fully saturated rings. The van der Waals surface area contributed by atoms with Gasteiger partial charge in [0, 0.05) is 6.42 Å². The molecule has 1 aromatic rings. The molecule has 0 radical (unpaired) electrons. The average molecular weight is 325 g/mol. The number of benzene rings is 1. The number of carbonyl (C=O) groups is 2. The third-order valence-corrected chi connectivity index (χ3v) is 3.01. The van der Waals surface area contributed by atoms with E-state index in [-0.39, 0.29) is 12.3 Å². The van der Waals surface area contributed by atoms with Gasteiger partial charge in [0.25, 0.3) is 0 Å². The second-order valence-corrected chi connectivity index (χ2v) is 5.74. The van der Waals surface area contributed by atoms with Crippen molar-refractivity contribution in [3.05, 3.63) is 30.3 Å². The maximum Gasteiger partial charge on any atom is 0.344 e. The van der Waals surface area contributed by atoms with Crippen LogP contribution in [0.2, 0.25) is 0 Å². The zero-order valence-electron chi connectivity index (χ0n) is 13.9. The first-order valence-electron chi connectivity index (χ1n) is 7.62. The number of carboxylic acids is 2. The Balaban J connectivity index is 0.000000423. The lowest BCUT2D eigenvalue weighted by Gasteiger charge is -2.13. The average Bonchev–Trinajstić information content (AvgIpc) is 2.47. The van der Waals surface area contributed by atoms with Gasteiger partial charge in [-0.3, -0.25) is 4.79 Å². The Labute approximate surface area is 137 Å². The highest BCUT2D eigenvalue weighted by atomic mass is 16.5. The van der Waals surface area contributed by atoms with E-state index in [4.69, 9.17) is 20.7 Å². The van der Waals surface area contributed by atoms with Gasteiger partial charge in [-0.15, -0.1) is 0 Å². The molecule has 0 aliphatic carbocycles. The first-order chi connectivity index (χ1) is 10.8. The number of carboxylic acid groups (broad SMARTS) is 2. The maximum atomic E-state index is 10.4. The molecular weight excluding hydrogens is 298 g/mol. The molecule has 0 aliphatic heterocycles. The summed E-state index contributed by atoms with van der Waals surface area (Å²) in [7, 11) is 0. The Hall–Kier alpha value is -2.08. The van der Waals surface area contributed by atoms with Crippen LogP contribution in [-0.2, 0) is 9.59 Å². The van der Waals surface area contributed by atoms with Crippen molar-refractivity contribution < 1.29 is 24.5 Å². The molecule has 0 aliphatic rings. The number of hydrogen-bond donors (Lipinski definition) is 3. The van der Waals surface area contributed by atoms with Gasteiger partial charge in [-0.1, -0.05) is 32.0 Å². The van der Waals surface area contributed by atoms with Crippen LogP contribution in [0.25, 0.3) is 0 Å². The van der Waals surface area contributed by atoms with Crippen molar-refractivity contribution in [2.24, 2.45) is 17.6 Å². The van der Waals surface area contributed by atoms with E-state index in [9.17, 15) is 9.59 Å². The second kappa shape index (κ2) is 11.5. The first-order valence-corrected chi connectivity index (χ1v) is 7.62. The predicted molar refractivity (Wildman–Crippen MR) is 88.4 cm³/mol. The lowest BCUT2D eigenvalue weighted by molar-refractivity contribution is -0.144. The van der Waals surface area contributed by atoms with Crippen molar-refractivity contribution in [1.29, 1.82) is 0 Å². The second-order valence-electron chi connectivity index (χ2n) is 5.74. The minimum Gasteiger partial charge on any atom is -0.481 e. The minimum atomic E-state index is -0.959. The Kier molecular flexibility index (Phi) is 10.4. The van der Waals surface area contributed by atoms with Crippen molar-refractivity contribution in [3.63, 3.8) is 0 Å². The monoisotopic (exact) mass is 325 g/mol. The Morgan fingerprint density at radius 2 is 1.70 bits per heavy atom. The van der Waals surface area contributed by atoms with E-state index in [1.165, 1.54) is 6.92 Å². The van der Waals surface area contributed by atoms with Gasteiger partial charge in [-0.05, 0) is 43.9 Å². The van der Waals surface area contributed by atoms with E-state index in [2.05, 4.69) is 13.8 Å². The summed E-state index contributed by atoms with van der Waals surface area (Å²) in [6.45, 7) is 6.12. The predicted octanol–water partition coefficient (Wildman–Crippen LogP) is 2.62. The number of para-hydroxylation sites is 1. The normalized spacial score (nSPS) is 12.7. The molecule has 0 bridgehead atoms. The van der Waals surface area contributed by atoms with Crippen molar-refractivity contribution in [3.8, 4) is 5.75 Å². The molecule has 6 nitrogen and oxygen atoms in total. The Morgan fingerprint density at radius 1 is 1.13 bits per heavy atom. The van der Waals surface area contributed by atoms with Gasteiger partial charge in [-0.2, -0.15) is 0 Å². The highest BCUT2D eigenvalue weighted by Gasteiger charge is 2.12. The van der Waals surface area contributed by atoms with Crippen LogP contribution in [0.15, 0.2) is 30.3 Å². The maximum absolute atomic E-state index is 10.4. The molecular formula is C17H27NO5. The van der Waals surface area contributed by atoms with Crippen LogP contribution >= 0.6 is 0 Å². The molecule has 130 valence electrons. The topological polar surface area (TPSA) is 110 Å². The highest BCUT2D eigenvalue weighted by Crippen LogP contribution is 2.13. The van der Waals surface area contributed by atoms with E-state index >= 15 is 0 Å². The van der Waals surface area contributed by atoms with Crippen LogP contribution in [-0.4, -0.2) is 34.8 Å². The number of ether oxygens (including phenoxy) is 1. The van der Waals surface area contributed by atoms with E-state index in [1.54, 1.807) is 24.3 Å². The summed E-state index contributed by atoms with van der Waals surface area (Å²) in [5.41, 5.74) is 5.41. The van der Waals surface area contributed by atoms with Gasteiger partial charge in [0.2, 0.25) is 0 Å². The molecule has 0 heterocycles. The van der Waals surface area contributed by atoms with Crippen molar-refractivity contribution in [2.45, 2.75) is 39.7 Å². The van der Waals surface area contributed by atoms with Crippen LogP contribution in [0.4, 0.5) is 0 Å². The van der Waals surface area contributed by atoms with E-state index in [1.807, 2.05) is 6.07 Å². The number of aliphatic carboxylic acids is 2. The molecule has 0 amide bonds. The number of hydrogen-bond acceptors (Lipinski definition) is 4. The van der Waals surface area contributed by atoms with Crippen LogP contribution in [0.3, 0.4) is 0 Å².